The molecule has 1 aliphatic rings. The Kier molecular flexibility index (Phi) is 5.75. The first-order chi connectivity index (χ1) is 10.6. The first kappa shape index (κ1) is 18.7. The van der Waals surface area contributed by atoms with Gasteiger partial charge in [-0.3, -0.25) is 4.18 Å². The molecule has 1 saturated carbocycles. The summed E-state index contributed by atoms with van der Waals surface area (Å²) in [6.45, 7) is 6.92. The molecule has 1 aromatic rings. The molecule has 5 heteroatoms. The van der Waals surface area contributed by atoms with Gasteiger partial charge in [0, 0.05) is 0 Å². The summed E-state index contributed by atoms with van der Waals surface area (Å²) in [7, 11) is -4.75. The zero-order valence-electron chi connectivity index (χ0n) is 14.8. The van der Waals surface area contributed by atoms with Gasteiger partial charge in [-0.2, -0.15) is 8.42 Å². The van der Waals surface area contributed by atoms with Gasteiger partial charge in [-0.1, -0.05) is 62.8 Å². The second-order valence-electron chi connectivity index (χ2n) is 8.02. The van der Waals surface area contributed by atoms with E-state index in [4.69, 9.17) is 4.18 Å². The van der Waals surface area contributed by atoms with Gasteiger partial charge in [0.1, 0.15) is 0 Å². The standard InChI is InChI=1S/C18H30O3SSi/c1-22(19,20)21-18(15-17(18)23(2,3)4)14-10-6-9-13-16-11-7-5-8-12-16/h5,7-8,11-12,17H,6,9-10,13-15H2,1-4H3/t17-,18-/m1/s1. The van der Waals surface area contributed by atoms with E-state index in [0.29, 0.717) is 5.54 Å². The minimum Gasteiger partial charge on any atom is -0.264 e. The molecule has 1 aliphatic carbocycles. The van der Waals surface area contributed by atoms with Crippen LogP contribution in [0.25, 0.3) is 0 Å². The highest BCUT2D eigenvalue weighted by atomic mass is 32.2. The molecule has 0 amide bonds. The maximum atomic E-state index is 11.6. The topological polar surface area (TPSA) is 43.4 Å². The Balaban J connectivity index is 1.81. The molecule has 3 nitrogen and oxygen atoms in total. The molecule has 0 bridgehead atoms. The van der Waals surface area contributed by atoms with Crippen LogP contribution in [0.3, 0.4) is 0 Å². The maximum Gasteiger partial charge on any atom is 0.264 e. The van der Waals surface area contributed by atoms with Crippen molar-refractivity contribution < 1.29 is 12.6 Å². The fraction of sp³-hybridized carbons (Fsp3) is 0.667. The molecule has 0 saturated heterocycles. The van der Waals surface area contributed by atoms with Gasteiger partial charge in [0.05, 0.1) is 19.9 Å². The lowest BCUT2D eigenvalue weighted by atomic mass is 10.0. The smallest absolute Gasteiger partial charge is 0.264 e. The van der Waals surface area contributed by atoms with E-state index in [1.165, 1.54) is 11.8 Å². The lowest BCUT2D eigenvalue weighted by Crippen LogP contribution is -2.30. The first-order valence-electron chi connectivity index (χ1n) is 8.57. The van der Waals surface area contributed by atoms with Crippen LogP contribution in [0.2, 0.25) is 25.2 Å². The molecular weight excluding hydrogens is 324 g/mol. The molecule has 0 unspecified atom stereocenters. The number of rotatable bonds is 9. The molecule has 2 atom stereocenters. The van der Waals surface area contributed by atoms with E-state index in [9.17, 15) is 8.42 Å². The molecule has 0 N–H and O–H groups in total. The average Bonchev–Trinajstić information content (AvgIpc) is 3.12. The van der Waals surface area contributed by atoms with Crippen LogP contribution in [0, 0.1) is 0 Å². The van der Waals surface area contributed by atoms with E-state index in [1.807, 2.05) is 6.07 Å². The molecule has 2 rings (SSSR count). The Bertz CT molecular complexity index is 607. The van der Waals surface area contributed by atoms with Crippen molar-refractivity contribution in [2.45, 2.75) is 69.3 Å². The molecule has 1 aromatic carbocycles. The van der Waals surface area contributed by atoms with Crippen molar-refractivity contribution in [1.82, 2.24) is 0 Å². The number of hydrogen-bond donors (Lipinski definition) is 0. The normalized spacial score (nSPS) is 24.6. The highest BCUT2D eigenvalue weighted by molar-refractivity contribution is 7.86. The third kappa shape index (κ3) is 5.73. The predicted molar refractivity (Wildman–Crippen MR) is 99.0 cm³/mol. The second kappa shape index (κ2) is 7.07. The number of unbranched alkanes of at least 4 members (excludes halogenated alkanes) is 2. The van der Waals surface area contributed by atoms with Crippen molar-refractivity contribution in [3.63, 3.8) is 0 Å². The van der Waals surface area contributed by atoms with Crippen LogP contribution in [0.4, 0.5) is 0 Å². The van der Waals surface area contributed by atoms with Crippen molar-refractivity contribution in [3.05, 3.63) is 35.9 Å². The molecule has 0 aromatic heterocycles. The van der Waals surface area contributed by atoms with Gasteiger partial charge in [0.25, 0.3) is 10.1 Å². The molecule has 0 spiro atoms. The van der Waals surface area contributed by atoms with Crippen LogP contribution in [0.5, 0.6) is 0 Å². The second-order valence-corrected chi connectivity index (χ2v) is 15.0. The Morgan fingerprint density at radius 1 is 1.13 bits per heavy atom. The minimum atomic E-state index is -3.38. The van der Waals surface area contributed by atoms with Crippen molar-refractivity contribution in [3.8, 4) is 0 Å². The van der Waals surface area contributed by atoms with Gasteiger partial charge >= 0.3 is 0 Å². The third-order valence-electron chi connectivity index (χ3n) is 4.80. The van der Waals surface area contributed by atoms with Crippen molar-refractivity contribution in [2.24, 2.45) is 0 Å². The SMILES string of the molecule is C[Si](C)(C)[C@@H]1C[C@@]1(CCCCCc1ccccc1)OS(C)(=O)=O. The fourth-order valence-corrected chi connectivity index (χ4v) is 7.36. The maximum absolute atomic E-state index is 11.6. The van der Waals surface area contributed by atoms with Crippen molar-refractivity contribution >= 4 is 18.2 Å². The summed E-state index contributed by atoms with van der Waals surface area (Å²) >= 11 is 0. The molecule has 23 heavy (non-hydrogen) atoms. The zero-order valence-corrected chi connectivity index (χ0v) is 16.7. The predicted octanol–water partition coefficient (Wildman–Crippen LogP) is 4.62. The minimum absolute atomic E-state index is 0.384. The van der Waals surface area contributed by atoms with E-state index in [1.54, 1.807) is 0 Å². The van der Waals surface area contributed by atoms with Crippen LogP contribution in [0.15, 0.2) is 30.3 Å². The van der Waals surface area contributed by atoms with Gasteiger partial charge in [-0.25, -0.2) is 0 Å². The number of hydrogen-bond acceptors (Lipinski definition) is 3. The van der Waals surface area contributed by atoms with E-state index in [-0.39, 0.29) is 5.60 Å². The van der Waals surface area contributed by atoms with Crippen molar-refractivity contribution in [2.75, 3.05) is 6.26 Å². The first-order valence-corrected chi connectivity index (χ1v) is 14.0. The van der Waals surface area contributed by atoms with Crippen LogP contribution >= 0.6 is 0 Å². The molecule has 0 aliphatic heterocycles. The lowest BCUT2D eigenvalue weighted by Gasteiger charge is -2.23. The van der Waals surface area contributed by atoms with Crippen LogP contribution < -0.4 is 0 Å². The van der Waals surface area contributed by atoms with Gasteiger partial charge < -0.3 is 0 Å². The molecule has 0 radical (unpaired) electrons. The summed E-state index contributed by atoms with van der Waals surface area (Å²) in [6.07, 6.45) is 7.41. The van der Waals surface area contributed by atoms with Crippen LogP contribution in [-0.4, -0.2) is 28.3 Å². The van der Waals surface area contributed by atoms with Crippen LogP contribution in [0.1, 0.15) is 37.7 Å². The third-order valence-corrected chi connectivity index (χ3v) is 8.25. The zero-order chi connectivity index (χ0) is 17.1. The van der Waals surface area contributed by atoms with Gasteiger partial charge in [-0.15, -0.1) is 0 Å². The monoisotopic (exact) mass is 354 g/mol. The molecule has 0 heterocycles. The van der Waals surface area contributed by atoms with E-state index < -0.39 is 18.2 Å². The molecule has 130 valence electrons. The van der Waals surface area contributed by atoms with Crippen LogP contribution in [-0.2, 0) is 20.7 Å². The Labute approximate surface area is 142 Å². The highest BCUT2D eigenvalue weighted by Crippen LogP contribution is 2.61. The summed E-state index contributed by atoms with van der Waals surface area (Å²) in [5.41, 5.74) is 1.46. The number of benzene rings is 1. The van der Waals surface area contributed by atoms with Crippen molar-refractivity contribution in [1.29, 1.82) is 0 Å². The van der Waals surface area contributed by atoms with Gasteiger partial charge in [0.15, 0.2) is 0 Å². The Morgan fingerprint density at radius 2 is 1.78 bits per heavy atom. The van der Waals surface area contributed by atoms with Gasteiger partial charge in [0.2, 0.25) is 0 Å². The highest BCUT2D eigenvalue weighted by Gasteiger charge is 2.61. The quantitative estimate of drug-likeness (QED) is 0.369. The summed E-state index contributed by atoms with van der Waals surface area (Å²) in [5.74, 6) is 0. The average molecular weight is 355 g/mol. The summed E-state index contributed by atoms with van der Waals surface area (Å²) in [6, 6.07) is 10.5. The van der Waals surface area contributed by atoms with E-state index >= 15 is 0 Å². The largest absolute Gasteiger partial charge is 0.264 e. The summed E-state index contributed by atoms with van der Waals surface area (Å²) in [4.78, 5) is 0. The summed E-state index contributed by atoms with van der Waals surface area (Å²) < 4.78 is 28.8. The molecular formula is C18H30O3SSi. The number of aryl methyl sites for hydroxylation is 1. The van der Waals surface area contributed by atoms with E-state index in [0.717, 1.165) is 38.5 Å². The Morgan fingerprint density at radius 3 is 2.30 bits per heavy atom. The Hall–Kier alpha value is -0.653. The lowest BCUT2D eigenvalue weighted by molar-refractivity contribution is 0.173. The fourth-order valence-electron chi connectivity index (χ4n) is 3.67. The summed E-state index contributed by atoms with van der Waals surface area (Å²) in [5, 5.41) is 0. The molecule has 1 fully saturated rings. The van der Waals surface area contributed by atoms with E-state index in [2.05, 4.69) is 43.9 Å². The van der Waals surface area contributed by atoms with Gasteiger partial charge in [-0.05, 0) is 36.8 Å².